The largest absolute Gasteiger partial charge is 0.352 e. The highest BCUT2D eigenvalue weighted by molar-refractivity contribution is 6.31. The number of nitrogens with one attached hydrogen (secondary N) is 1. The maximum Gasteiger partial charge on any atom is 0.282 e. The highest BCUT2D eigenvalue weighted by Gasteiger charge is 2.19. The fraction of sp³-hybridized carbons (Fsp3) is 0.462. The minimum atomic E-state index is -0.586. The van der Waals surface area contributed by atoms with Gasteiger partial charge in [0.15, 0.2) is 0 Å². The van der Waals surface area contributed by atoms with Gasteiger partial charge in [-0.15, -0.1) is 0 Å². The molecule has 20 heavy (non-hydrogen) atoms. The van der Waals surface area contributed by atoms with Crippen LogP contribution in [0.4, 0.5) is 5.69 Å². The number of unbranched alkanes of at least 4 members (excludes halogenated alkanes) is 1. The van der Waals surface area contributed by atoms with Gasteiger partial charge in [0.2, 0.25) is 0 Å². The predicted octanol–water partition coefficient (Wildman–Crippen LogP) is 2.32. The monoisotopic (exact) mass is 299 g/mol. The lowest BCUT2D eigenvalue weighted by atomic mass is 10.1. The molecule has 0 aromatic heterocycles. The number of nitro benzene ring substituents is 1. The fourth-order valence-electron chi connectivity index (χ4n) is 1.70. The van der Waals surface area contributed by atoms with Crippen molar-refractivity contribution in [2.45, 2.75) is 12.8 Å². The van der Waals surface area contributed by atoms with Crippen LogP contribution in [-0.4, -0.2) is 42.9 Å². The molecule has 110 valence electrons. The van der Waals surface area contributed by atoms with E-state index in [2.05, 4.69) is 10.2 Å². The van der Waals surface area contributed by atoms with Crippen LogP contribution >= 0.6 is 11.6 Å². The minimum absolute atomic E-state index is 0.00453. The average Bonchev–Trinajstić information content (AvgIpc) is 2.37. The maximum atomic E-state index is 11.9. The second kappa shape index (κ2) is 7.81. The topological polar surface area (TPSA) is 75.5 Å². The summed E-state index contributed by atoms with van der Waals surface area (Å²) in [6.45, 7) is 1.42. The van der Waals surface area contributed by atoms with Crippen LogP contribution in [0.2, 0.25) is 5.02 Å². The molecule has 0 unspecified atom stereocenters. The third-order valence-electron chi connectivity index (χ3n) is 2.72. The minimum Gasteiger partial charge on any atom is -0.352 e. The summed E-state index contributed by atoms with van der Waals surface area (Å²) in [5.74, 6) is -0.468. The molecule has 0 bridgehead atoms. The lowest BCUT2D eigenvalue weighted by molar-refractivity contribution is -0.385. The van der Waals surface area contributed by atoms with Crippen LogP contribution in [0.5, 0.6) is 0 Å². The molecule has 6 nitrogen and oxygen atoms in total. The summed E-state index contributed by atoms with van der Waals surface area (Å²) in [6, 6.07) is 3.95. The van der Waals surface area contributed by atoms with Gasteiger partial charge in [-0.05, 0) is 45.6 Å². The van der Waals surface area contributed by atoms with E-state index < -0.39 is 10.8 Å². The number of amides is 1. The van der Waals surface area contributed by atoms with Crippen molar-refractivity contribution in [1.29, 1.82) is 0 Å². The molecule has 0 fully saturated rings. The molecule has 7 heteroatoms. The Labute approximate surface area is 122 Å². The second-order valence-corrected chi connectivity index (χ2v) is 5.12. The van der Waals surface area contributed by atoms with Gasteiger partial charge >= 0.3 is 0 Å². The molecule has 1 N–H and O–H groups in total. The number of hydrogen-bond donors (Lipinski definition) is 1. The quantitative estimate of drug-likeness (QED) is 0.476. The summed E-state index contributed by atoms with van der Waals surface area (Å²) in [5.41, 5.74) is -0.240. The Morgan fingerprint density at radius 3 is 2.70 bits per heavy atom. The Hall–Kier alpha value is -1.66. The summed E-state index contributed by atoms with van der Waals surface area (Å²) >= 11 is 5.78. The zero-order chi connectivity index (χ0) is 15.1. The van der Waals surface area contributed by atoms with Crippen molar-refractivity contribution in [3.8, 4) is 0 Å². The van der Waals surface area contributed by atoms with Gasteiger partial charge in [-0.25, -0.2) is 0 Å². The summed E-state index contributed by atoms with van der Waals surface area (Å²) in [5, 5.41) is 13.8. The maximum absolute atomic E-state index is 11.9. The van der Waals surface area contributed by atoms with Gasteiger partial charge in [-0.2, -0.15) is 0 Å². The van der Waals surface area contributed by atoms with Crippen molar-refractivity contribution in [2.24, 2.45) is 0 Å². The molecule has 0 aliphatic carbocycles. The first-order chi connectivity index (χ1) is 9.41. The van der Waals surface area contributed by atoms with Crippen molar-refractivity contribution < 1.29 is 9.72 Å². The van der Waals surface area contributed by atoms with E-state index in [1.54, 1.807) is 0 Å². The van der Waals surface area contributed by atoms with E-state index in [9.17, 15) is 14.9 Å². The van der Waals surface area contributed by atoms with Crippen LogP contribution in [0.3, 0.4) is 0 Å². The molecule has 1 amide bonds. The number of carbonyl (C=O) groups excluding carboxylic acids is 1. The Morgan fingerprint density at radius 1 is 1.40 bits per heavy atom. The molecule has 1 rings (SSSR count). The van der Waals surface area contributed by atoms with Crippen molar-refractivity contribution in [3.63, 3.8) is 0 Å². The van der Waals surface area contributed by atoms with Gasteiger partial charge in [0.1, 0.15) is 5.56 Å². The lowest BCUT2D eigenvalue weighted by Gasteiger charge is -2.09. The van der Waals surface area contributed by atoms with E-state index in [1.165, 1.54) is 18.2 Å². The SMILES string of the molecule is CN(C)CCCCNC(=O)c1cc(Cl)ccc1[N+](=O)[O-]. The molecule has 0 aliphatic heterocycles. The highest BCUT2D eigenvalue weighted by atomic mass is 35.5. The predicted molar refractivity (Wildman–Crippen MR) is 78.2 cm³/mol. The van der Waals surface area contributed by atoms with E-state index in [4.69, 9.17) is 11.6 Å². The Balaban J connectivity index is 2.59. The number of rotatable bonds is 7. The smallest absolute Gasteiger partial charge is 0.282 e. The first-order valence-corrected chi connectivity index (χ1v) is 6.66. The number of halogens is 1. The first kappa shape index (κ1) is 16.4. The number of nitrogens with zero attached hydrogens (tertiary/aromatic N) is 2. The number of benzene rings is 1. The second-order valence-electron chi connectivity index (χ2n) is 4.68. The van der Waals surface area contributed by atoms with Gasteiger partial charge in [-0.3, -0.25) is 14.9 Å². The molecular weight excluding hydrogens is 282 g/mol. The van der Waals surface area contributed by atoms with Gasteiger partial charge in [0.25, 0.3) is 11.6 Å². The van der Waals surface area contributed by atoms with Crippen LogP contribution in [0.1, 0.15) is 23.2 Å². The highest BCUT2D eigenvalue weighted by Crippen LogP contribution is 2.22. The summed E-state index contributed by atoms with van der Waals surface area (Å²) in [7, 11) is 3.96. The third kappa shape index (κ3) is 5.14. The average molecular weight is 300 g/mol. The van der Waals surface area contributed by atoms with Crippen LogP contribution in [0, 0.1) is 10.1 Å². The molecule has 0 atom stereocenters. The van der Waals surface area contributed by atoms with Crippen molar-refractivity contribution in [3.05, 3.63) is 38.9 Å². The van der Waals surface area contributed by atoms with Crippen molar-refractivity contribution in [1.82, 2.24) is 10.2 Å². The van der Waals surface area contributed by atoms with Gasteiger partial charge in [0, 0.05) is 17.6 Å². The molecule has 1 aromatic rings. The molecule has 0 aliphatic rings. The molecular formula is C13H18ClN3O3. The fourth-order valence-corrected chi connectivity index (χ4v) is 1.87. The normalized spacial score (nSPS) is 10.6. The molecule has 0 saturated carbocycles. The van der Waals surface area contributed by atoms with E-state index in [0.29, 0.717) is 11.6 Å². The Bertz CT molecular complexity index is 492. The van der Waals surface area contributed by atoms with Crippen LogP contribution in [0.15, 0.2) is 18.2 Å². The van der Waals surface area contributed by atoms with Crippen molar-refractivity contribution >= 4 is 23.2 Å². The third-order valence-corrected chi connectivity index (χ3v) is 2.95. The van der Waals surface area contributed by atoms with Crippen molar-refractivity contribution in [2.75, 3.05) is 27.2 Å². The van der Waals surface area contributed by atoms with E-state index in [-0.39, 0.29) is 11.3 Å². The van der Waals surface area contributed by atoms with Gasteiger partial charge < -0.3 is 10.2 Å². The molecule has 0 heterocycles. The zero-order valence-corrected chi connectivity index (χ0v) is 12.3. The molecule has 0 radical (unpaired) electrons. The van der Waals surface area contributed by atoms with Crippen LogP contribution < -0.4 is 5.32 Å². The Morgan fingerprint density at radius 2 is 2.10 bits per heavy atom. The molecule has 0 spiro atoms. The first-order valence-electron chi connectivity index (χ1n) is 6.28. The van der Waals surface area contributed by atoms with E-state index in [1.807, 2.05) is 14.1 Å². The zero-order valence-electron chi connectivity index (χ0n) is 11.6. The van der Waals surface area contributed by atoms with E-state index >= 15 is 0 Å². The van der Waals surface area contributed by atoms with Crippen LogP contribution in [0.25, 0.3) is 0 Å². The molecule has 1 aromatic carbocycles. The summed E-state index contributed by atoms with van der Waals surface area (Å²) in [4.78, 5) is 24.3. The van der Waals surface area contributed by atoms with Gasteiger partial charge in [-0.1, -0.05) is 11.6 Å². The van der Waals surface area contributed by atoms with Gasteiger partial charge in [0.05, 0.1) is 4.92 Å². The molecule has 0 saturated heterocycles. The standard InChI is InChI=1S/C13H18ClN3O3/c1-16(2)8-4-3-7-15-13(18)11-9-10(14)5-6-12(11)17(19)20/h5-6,9H,3-4,7-8H2,1-2H3,(H,15,18). The number of nitro groups is 1. The number of hydrogen-bond acceptors (Lipinski definition) is 4. The summed E-state index contributed by atoms with van der Waals surface area (Å²) in [6.07, 6.45) is 1.77. The lowest BCUT2D eigenvalue weighted by Crippen LogP contribution is -2.26. The summed E-state index contributed by atoms with van der Waals surface area (Å²) < 4.78 is 0. The Kier molecular flexibility index (Phi) is 6.41. The van der Waals surface area contributed by atoms with E-state index in [0.717, 1.165) is 19.4 Å². The number of carbonyl (C=O) groups is 1. The van der Waals surface area contributed by atoms with Crippen LogP contribution in [-0.2, 0) is 0 Å².